The monoisotopic (exact) mass is 277 g/mol. The fraction of sp³-hybridized carbons (Fsp3) is 1.00. The molecule has 0 amide bonds. The molecule has 4 unspecified atom stereocenters. The lowest BCUT2D eigenvalue weighted by Crippen LogP contribution is -2.58. The average molecular weight is 277 g/mol. The molecule has 116 valence electrons. The van der Waals surface area contributed by atoms with Gasteiger partial charge in [-0.05, 0) is 63.2 Å². The Bertz CT molecular complexity index is 316. The highest BCUT2D eigenvalue weighted by Gasteiger charge is 2.42. The molecule has 1 aliphatic heterocycles. The summed E-state index contributed by atoms with van der Waals surface area (Å²) in [6, 6.07) is 0.816. The number of hydrogen-bond donors (Lipinski definition) is 1. The normalized spacial score (nSPS) is 42.1. The van der Waals surface area contributed by atoms with E-state index in [0.717, 1.165) is 29.7 Å². The summed E-state index contributed by atoms with van der Waals surface area (Å²) in [5, 5.41) is 3.99. The summed E-state index contributed by atoms with van der Waals surface area (Å²) in [6.07, 6.45) is 14.9. The smallest absolute Gasteiger partial charge is 0.0130 e. The molecule has 0 spiro atoms. The minimum Gasteiger partial charge on any atom is -0.309 e. The van der Waals surface area contributed by atoms with Gasteiger partial charge in [-0.2, -0.15) is 0 Å². The summed E-state index contributed by atoms with van der Waals surface area (Å²) in [5.41, 5.74) is 0.368. The molecule has 0 bridgehead atoms. The molecule has 3 aliphatic rings. The third-order valence-electron chi connectivity index (χ3n) is 6.54. The number of hydrogen-bond acceptors (Lipinski definition) is 1. The molecule has 2 saturated carbocycles. The average Bonchev–Trinajstić information content (AvgIpc) is 2.38. The standard InChI is InChI=1S/C19H35N/c1-14-13-19(2,3)20-18-12-16(9-10-17(14)18)11-15-7-5-4-6-8-15/h14-18,20H,4-13H2,1-3H3. The highest BCUT2D eigenvalue weighted by atomic mass is 15.0. The number of fused-ring (bicyclic) bond motifs is 1. The van der Waals surface area contributed by atoms with Crippen molar-refractivity contribution in [3.8, 4) is 0 Å². The highest BCUT2D eigenvalue weighted by Crippen LogP contribution is 2.43. The van der Waals surface area contributed by atoms with Gasteiger partial charge >= 0.3 is 0 Å². The molecule has 1 nitrogen and oxygen atoms in total. The van der Waals surface area contributed by atoms with E-state index >= 15 is 0 Å². The molecule has 1 saturated heterocycles. The summed E-state index contributed by atoms with van der Waals surface area (Å²) in [7, 11) is 0. The molecule has 1 heterocycles. The molecule has 4 atom stereocenters. The Hall–Kier alpha value is -0.0400. The molecule has 3 rings (SSSR count). The molecule has 1 heteroatoms. The van der Waals surface area contributed by atoms with Crippen molar-refractivity contribution in [2.24, 2.45) is 23.7 Å². The fourth-order valence-corrected chi connectivity index (χ4v) is 5.75. The van der Waals surface area contributed by atoms with E-state index in [0.29, 0.717) is 5.54 Å². The molecule has 0 aromatic heterocycles. The van der Waals surface area contributed by atoms with Gasteiger partial charge in [-0.3, -0.25) is 0 Å². The maximum absolute atomic E-state index is 3.99. The van der Waals surface area contributed by atoms with Gasteiger partial charge in [0.2, 0.25) is 0 Å². The summed E-state index contributed by atoms with van der Waals surface area (Å²) in [5.74, 6) is 3.98. The van der Waals surface area contributed by atoms with Gasteiger partial charge in [-0.1, -0.05) is 45.4 Å². The van der Waals surface area contributed by atoms with Gasteiger partial charge in [0.1, 0.15) is 0 Å². The summed E-state index contributed by atoms with van der Waals surface area (Å²) in [4.78, 5) is 0. The van der Waals surface area contributed by atoms with Crippen LogP contribution >= 0.6 is 0 Å². The summed E-state index contributed by atoms with van der Waals surface area (Å²) in [6.45, 7) is 7.32. The van der Waals surface area contributed by atoms with Crippen molar-refractivity contribution in [2.45, 2.75) is 96.6 Å². The molecule has 0 radical (unpaired) electrons. The molecule has 3 fully saturated rings. The quantitative estimate of drug-likeness (QED) is 0.736. The van der Waals surface area contributed by atoms with Crippen LogP contribution in [-0.2, 0) is 0 Å². The molecule has 2 aliphatic carbocycles. The van der Waals surface area contributed by atoms with E-state index in [1.807, 2.05) is 0 Å². The number of piperidine rings is 1. The van der Waals surface area contributed by atoms with Crippen molar-refractivity contribution in [3.05, 3.63) is 0 Å². The SMILES string of the molecule is CC1CC(C)(C)NC2CC(CC3CCCCC3)CCC12. The van der Waals surface area contributed by atoms with Crippen molar-refractivity contribution < 1.29 is 0 Å². The van der Waals surface area contributed by atoms with E-state index in [-0.39, 0.29) is 0 Å². The second kappa shape index (κ2) is 5.99. The van der Waals surface area contributed by atoms with Crippen molar-refractivity contribution in [1.82, 2.24) is 5.32 Å². The number of nitrogens with one attached hydrogen (secondary N) is 1. The van der Waals surface area contributed by atoms with E-state index in [1.54, 1.807) is 6.42 Å². The molecular weight excluding hydrogens is 242 g/mol. The second-order valence-corrected chi connectivity index (χ2v) is 8.90. The van der Waals surface area contributed by atoms with Crippen molar-refractivity contribution in [3.63, 3.8) is 0 Å². The van der Waals surface area contributed by atoms with E-state index in [9.17, 15) is 0 Å². The maximum atomic E-state index is 3.99. The van der Waals surface area contributed by atoms with E-state index < -0.39 is 0 Å². The first kappa shape index (κ1) is 14.9. The lowest BCUT2D eigenvalue weighted by atomic mass is 9.65. The first-order valence-electron chi connectivity index (χ1n) is 9.31. The Labute approximate surface area is 126 Å². The van der Waals surface area contributed by atoms with Crippen LogP contribution < -0.4 is 5.32 Å². The first-order valence-corrected chi connectivity index (χ1v) is 9.31. The van der Waals surface area contributed by atoms with Crippen molar-refractivity contribution in [1.29, 1.82) is 0 Å². The van der Waals surface area contributed by atoms with Crippen molar-refractivity contribution in [2.75, 3.05) is 0 Å². The minimum absolute atomic E-state index is 0.368. The third kappa shape index (κ3) is 3.40. The zero-order chi connectivity index (χ0) is 14.2. The van der Waals surface area contributed by atoms with Crippen LogP contribution in [0.5, 0.6) is 0 Å². The van der Waals surface area contributed by atoms with E-state index in [4.69, 9.17) is 0 Å². The predicted octanol–water partition coefficient (Wildman–Crippen LogP) is 5.15. The van der Waals surface area contributed by atoms with Crippen LogP contribution in [0.4, 0.5) is 0 Å². The predicted molar refractivity (Wildman–Crippen MR) is 86.8 cm³/mol. The fourth-order valence-electron chi connectivity index (χ4n) is 5.75. The van der Waals surface area contributed by atoms with Gasteiger partial charge in [-0.15, -0.1) is 0 Å². The van der Waals surface area contributed by atoms with Crippen LogP contribution in [0.2, 0.25) is 0 Å². The Balaban J connectivity index is 1.56. The van der Waals surface area contributed by atoms with E-state index in [2.05, 4.69) is 26.1 Å². The Morgan fingerprint density at radius 2 is 1.70 bits per heavy atom. The van der Waals surface area contributed by atoms with Crippen LogP contribution in [0.3, 0.4) is 0 Å². The summed E-state index contributed by atoms with van der Waals surface area (Å²) >= 11 is 0. The Morgan fingerprint density at radius 1 is 0.950 bits per heavy atom. The lowest BCUT2D eigenvalue weighted by Gasteiger charge is -2.50. The van der Waals surface area contributed by atoms with Gasteiger partial charge in [0.15, 0.2) is 0 Å². The maximum Gasteiger partial charge on any atom is 0.0130 e. The second-order valence-electron chi connectivity index (χ2n) is 8.90. The largest absolute Gasteiger partial charge is 0.309 e. The van der Waals surface area contributed by atoms with Gasteiger partial charge in [-0.25, -0.2) is 0 Å². The van der Waals surface area contributed by atoms with Gasteiger partial charge in [0.25, 0.3) is 0 Å². The molecular formula is C19H35N. The summed E-state index contributed by atoms with van der Waals surface area (Å²) < 4.78 is 0. The minimum atomic E-state index is 0.368. The number of rotatable bonds is 2. The third-order valence-corrected chi connectivity index (χ3v) is 6.54. The Kier molecular flexibility index (Phi) is 4.45. The molecule has 0 aromatic rings. The van der Waals surface area contributed by atoms with Crippen LogP contribution in [0.15, 0.2) is 0 Å². The molecule has 1 N–H and O–H groups in total. The van der Waals surface area contributed by atoms with Gasteiger partial charge < -0.3 is 5.32 Å². The zero-order valence-corrected chi connectivity index (χ0v) is 14.0. The van der Waals surface area contributed by atoms with Crippen LogP contribution in [-0.4, -0.2) is 11.6 Å². The van der Waals surface area contributed by atoms with Crippen molar-refractivity contribution >= 4 is 0 Å². The van der Waals surface area contributed by atoms with Crippen LogP contribution in [0.25, 0.3) is 0 Å². The highest BCUT2D eigenvalue weighted by molar-refractivity contribution is 4.98. The Morgan fingerprint density at radius 3 is 2.45 bits per heavy atom. The lowest BCUT2D eigenvalue weighted by molar-refractivity contribution is 0.0557. The zero-order valence-electron chi connectivity index (χ0n) is 14.0. The topological polar surface area (TPSA) is 12.0 Å². The van der Waals surface area contributed by atoms with Gasteiger partial charge in [0.05, 0.1) is 0 Å². The molecule has 0 aromatic carbocycles. The van der Waals surface area contributed by atoms with Crippen LogP contribution in [0, 0.1) is 23.7 Å². The van der Waals surface area contributed by atoms with Crippen LogP contribution in [0.1, 0.15) is 85.0 Å². The first-order chi connectivity index (χ1) is 9.53. The van der Waals surface area contributed by atoms with E-state index in [1.165, 1.54) is 57.8 Å². The van der Waals surface area contributed by atoms with Gasteiger partial charge in [0, 0.05) is 11.6 Å². The molecule has 20 heavy (non-hydrogen) atoms.